The number of benzene rings is 2. The molecule has 9 heteroatoms. The molecular weight excluding hydrogens is 464 g/mol. The molecule has 3 heterocycles. The summed E-state index contributed by atoms with van der Waals surface area (Å²) in [6, 6.07) is 9.02. The maximum absolute atomic E-state index is 14.7. The highest BCUT2D eigenvalue weighted by molar-refractivity contribution is 5.96. The summed E-state index contributed by atoms with van der Waals surface area (Å²) in [5, 5.41) is 3.50. The highest BCUT2D eigenvalue weighted by Crippen LogP contribution is 2.34. The van der Waals surface area contributed by atoms with Gasteiger partial charge in [0.1, 0.15) is 5.82 Å². The number of hydrogen-bond donors (Lipinski definition) is 1. The van der Waals surface area contributed by atoms with Crippen LogP contribution in [0.4, 0.5) is 14.5 Å². The number of ether oxygens (including phenoxy) is 1. The predicted octanol–water partition coefficient (Wildman–Crippen LogP) is 5.06. The van der Waals surface area contributed by atoms with Gasteiger partial charge in [-0.2, -0.15) is 0 Å². The van der Waals surface area contributed by atoms with Gasteiger partial charge in [0.2, 0.25) is 0 Å². The molecule has 4 aromatic rings. The second-order valence-corrected chi connectivity index (χ2v) is 8.79. The van der Waals surface area contributed by atoms with Crippen LogP contribution in [0.2, 0.25) is 0 Å². The summed E-state index contributed by atoms with van der Waals surface area (Å²) in [6.45, 7) is 10.8. The average Bonchev–Trinajstić information content (AvgIpc) is 2.89. The fraction of sp³-hybridized carbons (Fsp3) is 0.259. The molecule has 182 valence electrons. The maximum Gasteiger partial charge on any atom is 0.264 e. The standard InChI is InChI=1S/C27H23F2N5O2/c1-15-6-7-16(14-32-15)20-9-18(30-2)10-21-24(20)33-26(17-5-4-8-31-13-17)34(27(21)35)19-11-22(28)25(36-3)23(29)12-19/h6-7,9-12,14,17,31H,4-5,8,13H2,1,3H3. The summed E-state index contributed by atoms with van der Waals surface area (Å²) in [6.07, 6.45) is 3.31. The molecule has 1 aliphatic rings. The lowest BCUT2D eigenvalue weighted by atomic mass is 9.97. The van der Waals surface area contributed by atoms with E-state index in [1.807, 2.05) is 19.1 Å². The van der Waals surface area contributed by atoms with Gasteiger partial charge in [-0.15, -0.1) is 0 Å². The summed E-state index contributed by atoms with van der Waals surface area (Å²) in [4.78, 5) is 26.8. The Morgan fingerprint density at radius 1 is 1.19 bits per heavy atom. The van der Waals surface area contributed by atoms with E-state index in [0.717, 1.165) is 42.8 Å². The first-order valence-corrected chi connectivity index (χ1v) is 11.6. The highest BCUT2D eigenvalue weighted by atomic mass is 19.1. The molecule has 0 radical (unpaired) electrons. The molecule has 0 bridgehead atoms. The van der Waals surface area contributed by atoms with Crippen molar-refractivity contribution in [1.82, 2.24) is 19.9 Å². The minimum atomic E-state index is -0.923. The molecule has 0 saturated carbocycles. The van der Waals surface area contributed by atoms with Crippen LogP contribution in [0.15, 0.2) is 47.4 Å². The molecular formula is C27H23F2N5O2. The molecule has 2 aromatic carbocycles. The normalized spacial score (nSPS) is 15.6. The van der Waals surface area contributed by atoms with E-state index in [0.29, 0.717) is 23.4 Å². The van der Waals surface area contributed by atoms with Crippen molar-refractivity contribution in [2.24, 2.45) is 0 Å². The average molecular weight is 488 g/mol. The summed E-state index contributed by atoms with van der Waals surface area (Å²) in [5.41, 5.74) is 2.33. The fourth-order valence-corrected chi connectivity index (χ4v) is 4.67. The van der Waals surface area contributed by atoms with Crippen molar-refractivity contribution < 1.29 is 13.5 Å². The molecule has 0 aliphatic carbocycles. The van der Waals surface area contributed by atoms with Crippen LogP contribution in [0.25, 0.3) is 32.6 Å². The van der Waals surface area contributed by atoms with Gasteiger partial charge in [-0.05, 0) is 50.1 Å². The SMILES string of the molecule is [C-]#[N+]c1cc(-c2ccc(C)nc2)c2nc(C3CCCNC3)n(-c3cc(F)c(OC)c(F)c3)c(=O)c2c1. The number of nitrogens with one attached hydrogen (secondary N) is 1. The van der Waals surface area contributed by atoms with E-state index in [2.05, 4.69) is 15.1 Å². The molecule has 2 aromatic heterocycles. The van der Waals surface area contributed by atoms with Crippen LogP contribution in [-0.2, 0) is 0 Å². The minimum absolute atomic E-state index is 0.0116. The van der Waals surface area contributed by atoms with Crippen molar-refractivity contribution >= 4 is 16.6 Å². The van der Waals surface area contributed by atoms with Crippen molar-refractivity contribution in [3.8, 4) is 22.6 Å². The van der Waals surface area contributed by atoms with Gasteiger partial charge in [-0.1, -0.05) is 6.07 Å². The molecule has 0 amide bonds. The second kappa shape index (κ2) is 9.47. The van der Waals surface area contributed by atoms with Crippen LogP contribution in [0.5, 0.6) is 5.75 Å². The van der Waals surface area contributed by atoms with Gasteiger partial charge >= 0.3 is 0 Å². The monoisotopic (exact) mass is 487 g/mol. The Balaban J connectivity index is 1.86. The lowest BCUT2D eigenvalue weighted by molar-refractivity contribution is 0.359. The summed E-state index contributed by atoms with van der Waals surface area (Å²) >= 11 is 0. The van der Waals surface area contributed by atoms with Gasteiger partial charge in [-0.3, -0.25) is 14.3 Å². The van der Waals surface area contributed by atoms with E-state index in [1.54, 1.807) is 12.3 Å². The fourth-order valence-electron chi connectivity index (χ4n) is 4.67. The Bertz CT molecular complexity index is 1550. The molecule has 7 nitrogen and oxygen atoms in total. The van der Waals surface area contributed by atoms with Crippen LogP contribution >= 0.6 is 0 Å². The zero-order valence-corrected chi connectivity index (χ0v) is 19.8. The molecule has 36 heavy (non-hydrogen) atoms. The maximum atomic E-state index is 14.7. The van der Waals surface area contributed by atoms with Crippen LogP contribution < -0.4 is 15.6 Å². The Kier molecular flexibility index (Phi) is 6.20. The van der Waals surface area contributed by atoms with Crippen molar-refractivity contribution in [2.75, 3.05) is 20.2 Å². The van der Waals surface area contributed by atoms with Crippen LogP contribution in [-0.4, -0.2) is 34.7 Å². The highest BCUT2D eigenvalue weighted by Gasteiger charge is 2.26. The largest absolute Gasteiger partial charge is 0.491 e. The molecule has 1 atom stereocenters. The Labute approximate surface area is 206 Å². The number of rotatable bonds is 4. The minimum Gasteiger partial charge on any atom is -0.491 e. The number of halogens is 2. The van der Waals surface area contributed by atoms with Crippen molar-refractivity contribution in [2.45, 2.75) is 25.7 Å². The second-order valence-electron chi connectivity index (χ2n) is 8.79. The topological polar surface area (TPSA) is 73.4 Å². The van der Waals surface area contributed by atoms with Crippen LogP contribution in [0.3, 0.4) is 0 Å². The van der Waals surface area contributed by atoms with Crippen LogP contribution in [0, 0.1) is 25.1 Å². The van der Waals surface area contributed by atoms with Gasteiger partial charge < -0.3 is 10.1 Å². The molecule has 1 unspecified atom stereocenters. The predicted molar refractivity (Wildman–Crippen MR) is 133 cm³/mol. The number of piperidine rings is 1. The Hall–Kier alpha value is -4.16. The van der Waals surface area contributed by atoms with Gasteiger partial charge in [0.15, 0.2) is 23.1 Å². The summed E-state index contributed by atoms with van der Waals surface area (Å²) in [5.74, 6) is -2.12. The number of fused-ring (bicyclic) bond motifs is 1. The number of nitrogens with zero attached hydrogens (tertiary/aromatic N) is 4. The number of pyridine rings is 1. The van der Waals surface area contributed by atoms with E-state index in [4.69, 9.17) is 16.3 Å². The molecule has 5 rings (SSSR count). The van der Waals surface area contributed by atoms with Gasteiger partial charge in [0.05, 0.1) is 30.3 Å². The van der Waals surface area contributed by atoms with Crippen LogP contribution in [0.1, 0.15) is 30.3 Å². The van der Waals surface area contributed by atoms with Crippen molar-refractivity contribution in [3.05, 3.63) is 87.5 Å². The summed E-state index contributed by atoms with van der Waals surface area (Å²) < 4.78 is 35.5. The number of aromatic nitrogens is 3. The molecule has 1 fully saturated rings. The molecule has 1 saturated heterocycles. The van der Waals surface area contributed by atoms with Gasteiger partial charge in [-0.25, -0.2) is 18.6 Å². The number of methoxy groups -OCH3 is 1. The molecule has 1 aliphatic heterocycles. The third-order valence-electron chi connectivity index (χ3n) is 6.44. The van der Waals surface area contributed by atoms with Crippen molar-refractivity contribution in [3.63, 3.8) is 0 Å². The quantitative estimate of drug-likeness (QED) is 0.408. The van der Waals surface area contributed by atoms with E-state index in [9.17, 15) is 13.6 Å². The van der Waals surface area contributed by atoms with E-state index >= 15 is 0 Å². The zero-order valence-electron chi connectivity index (χ0n) is 19.8. The summed E-state index contributed by atoms with van der Waals surface area (Å²) in [7, 11) is 1.18. The van der Waals surface area contributed by atoms with E-state index < -0.39 is 22.9 Å². The molecule has 1 N–H and O–H groups in total. The van der Waals surface area contributed by atoms with Crippen molar-refractivity contribution in [1.29, 1.82) is 0 Å². The van der Waals surface area contributed by atoms with E-state index in [1.165, 1.54) is 17.7 Å². The first-order chi connectivity index (χ1) is 17.4. The first-order valence-electron chi connectivity index (χ1n) is 11.6. The smallest absolute Gasteiger partial charge is 0.264 e. The van der Waals surface area contributed by atoms with Gasteiger partial charge in [0.25, 0.3) is 5.56 Å². The third kappa shape index (κ3) is 4.10. The number of hydrogen-bond acceptors (Lipinski definition) is 5. The number of aryl methyl sites for hydroxylation is 1. The lowest BCUT2D eigenvalue weighted by Crippen LogP contribution is -2.34. The first kappa shape index (κ1) is 23.6. The molecule has 0 spiro atoms. The van der Waals surface area contributed by atoms with Gasteiger partial charge in [0, 0.05) is 42.0 Å². The Morgan fingerprint density at radius 2 is 1.97 bits per heavy atom. The third-order valence-corrected chi connectivity index (χ3v) is 6.44. The Morgan fingerprint density at radius 3 is 2.58 bits per heavy atom. The van der Waals surface area contributed by atoms with E-state index in [-0.39, 0.29) is 22.7 Å². The zero-order chi connectivity index (χ0) is 25.4. The lowest BCUT2D eigenvalue weighted by Gasteiger charge is -2.26.